The van der Waals surface area contributed by atoms with Gasteiger partial charge in [0.1, 0.15) is 6.79 Å². The van der Waals surface area contributed by atoms with Gasteiger partial charge in [0, 0.05) is 18.2 Å². The lowest BCUT2D eigenvalue weighted by atomic mass is 10.2. The lowest BCUT2D eigenvalue weighted by molar-refractivity contribution is -0.0392. The maximum Gasteiger partial charge on any atom is 0.355 e. The van der Waals surface area contributed by atoms with Gasteiger partial charge in [0.25, 0.3) is 0 Å². The second kappa shape index (κ2) is 7.26. The van der Waals surface area contributed by atoms with Crippen LogP contribution in [0.4, 0.5) is 0 Å². The van der Waals surface area contributed by atoms with E-state index in [9.17, 15) is 4.79 Å². The van der Waals surface area contributed by atoms with E-state index in [0.717, 1.165) is 11.3 Å². The minimum absolute atomic E-state index is 0.0901. The van der Waals surface area contributed by atoms with Gasteiger partial charge in [-0.3, -0.25) is 0 Å². The predicted molar refractivity (Wildman–Crippen MR) is 64.3 cm³/mol. The molecular weight excluding hydrogens is 242 g/mol. The molecule has 0 amide bonds. The molecule has 94 valence electrons. The van der Waals surface area contributed by atoms with Crippen LogP contribution in [0.1, 0.15) is 23.0 Å². The Morgan fingerprint density at radius 2 is 2.35 bits per heavy atom. The summed E-state index contributed by atoms with van der Waals surface area (Å²) in [5, 5.41) is 8.97. The molecular formula is C11H15NO4S. The van der Waals surface area contributed by atoms with Crippen molar-refractivity contribution in [2.75, 3.05) is 19.7 Å². The third-order valence-electron chi connectivity index (χ3n) is 1.88. The molecule has 0 saturated carbocycles. The van der Waals surface area contributed by atoms with Crippen LogP contribution in [0.5, 0.6) is 0 Å². The number of carboxylic acid groups (broad SMARTS) is 1. The predicted octanol–water partition coefficient (Wildman–Crippen LogP) is 2.01. The Kier molecular flexibility index (Phi) is 5.96. The number of aromatic carboxylic acids is 1. The van der Waals surface area contributed by atoms with Crippen molar-refractivity contribution in [1.82, 2.24) is 4.98 Å². The van der Waals surface area contributed by atoms with E-state index in [-0.39, 0.29) is 12.5 Å². The van der Waals surface area contributed by atoms with E-state index in [4.69, 9.17) is 14.6 Å². The fourth-order valence-electron chi connectivity index (χ4n) is 1.23. The Hall–Kier alpha value is -1.11. The summed E-state index contributed by atoms with van der Waals surface area (Å²) in [5.41, 5.74) is 0.926. The molecule has 0 fully saturated rings. The number of nitrogens with zero attached hydrogens (tertiary/aromatic N) is 1. The molecule has 0 unspecified atom stereocenters. The zero-order valence-electron chi connectivity index (χ0n) is 9.80. The average molecular weight is 257 g/mol. The van der Waals surface area contributed by atoms with Crippen molar-refractivity contribution < 1.29 is 19.4 Å². The van der Waals surface area contributed by atoms with E-state index in [1.165, 1.54) is 18.0 Å². The minimum atomic E-state index is -1.01. The lowest BCUT2D eigenvalue weighted by Gasteiger charge is -2.07. The van der Waals surface area contributed by atoms with Gasteiger partial charge in [0.05, 0.1) is 6.61 Å². The second-order valence-corrected chi connectivity index (χ2v) is 4.49. The maximum absolute atomic E-state index is 10.9. The Labute approximate surface area is 104 Å². The number of aromatic nitrogens is 1. The molecule has 0 atom stereocenters. The first-order valence-electron chi connectivity index (χ1n) is 5.10. The molecule has 1 heterocycles. The number of carbonyl (C=O) groups is 1. The molecule has 0 spiro atoms. The van der Waals surface area contributed by atoms with Gasteiger partial charge >= 0.3 is 5.97 Å². The van der Waals surface area contributed by atoms with Gasteiger partial charge in [0.2, 0.25) is 0 Å². The smallest absolute Gasteiger partial charge is 0.355 e. The number of hydrogen-bond donors (Lipinski definition) is 1. The maximum atomic E-state index is 10.9. The van der Waals surface area contributed by atoms with Crippen LogP contribution >= 0.6 is 11.8 Å². The van der Waals surface area contributed by atoms with Gasteiger partial charge in [-0.2, -0.15) is 0 Å². The highest BCUT2D eigenvalue weighted by Gasteiger charge is 2.12. The van der Waals surface area contributed by atoms with Gasteiger partial charge in [-0.1, -0.05) is 6.92 Å². The highest BCUT2D eigenvalue weighted by atomic mass is 32.2. The standard InChI is InChI=1S/C11H15NO4S/c1-3-17-9-4-8(6-16-7-15-2)5-12-10(9)11(13)14/h4-5H,3,6-7H2,1-2H3,(H,13,14). The van der Waals surface area contributed by atoms with Gasteiger partial charge in [-0.15, -0.1) is 11.8 Å². The fraction of sp³-hybridized carbons (Fsp3) is 0.455. The first kappa shape index (κ1) is 14.0. The number of rotatable bonds is 7. The van der Waals surface area contributed by atoms with Crippen LogP contribution in [-0.4, -0.2) is 35.7 Å². The minimum Gasteiger partial charge on any atom is -0.476 e. The molecule has 0 aliphatic heterocycles. The molecule has 0 bridgehead atoms. The quantitative estimate of drug-likeness (QED) is 0.458. The van der Waals surface area contributed by atoms with Gasteiger partial charge in [0.15, 0.2) is 5.69 Å². The summed E-state index contributed by atoms with van der Waals surface area (Å²) in [7, 11) is 1.55. The van der Waals surface area contributed by atoms with E-state index in [1.807, 2.05) is 6.92 Å². The molecule has 17 heavy (non-hydrogen) atoms. The monoisotopic (exact) mass is 257 g/mol. The van der Waals surface area contributed by atoms with Crippen LogP contribution in [0.15, 0.2) is 17.2 Å². The summed E-state index contributed by atoms with van der Waals surface area (Å²) in [5.74, 6) is -0.213. The molecule has 0 aliphatic rings. The number of methoxy groups -OCH3 is 1. The topological polar surface area (TPSA) is 68.7 Å². The normalized spacial score (nSPS) is 10.5. The van der Waals surface area contributed by atoms with E-state index >= 15 is 0 Å². The van der Waals surface area contributed by atoms with Gasteiger partial charge in [-0.05, 0) is 17.4 Å². The van der Waals surface area contributed by atoms with Crippen LogP contribution in [-0.2, 0) is 16.1 Å². The number of ether oxygens (including phenoxy) is 2. The van der Waals surface area contributed by atoms with Crippen LogP contribution in [0.25, 0.3) is 0 Å². The zero-order chi connectivity index (χ0) is 12.7. The fourth-order valence-corrected chi connectivity index (χ4v) is 2.06. The summed E-state index contributed by atoms with van der Waals surface area (Å²) in [6.45, 7) is 2.53. The van der Waals surface area contributed by atoms with E-state index in [1.54, 1.807) is 13.2 Å². The molecule has 1 aromatic rings. The molecule has 0 aliphatic carbocycles. The number of thioether (sulfide) groups is 1. The van der Waals surface area contributed by atoms with E-state index in [2.05, 4.69) is 4.98 Å². The van der Waals surface area contributed by atoms with Crippen molar-refractivity contribution >= 4 is 17.7 Å². The van der Waals surface area contributed by atoms with Crippen molar-refractivity contribution in [3.63, 3.8) is 0 Å². The largest absolute Gasteiger partial charge is 0.476 e. The Balaban J connectivity index is 2.81. The van der Waals surface area contributed by atoms with E-state index < -0.39 is 5.97 Å². The molecule has 0 radical (unpaired) electrons. The van der Waals surface area contributed by atoms with Crippen LogP contribution in [0.3, 0.4) is 0 Å². The van der Waals surface area contributed by atoms with Crippen molar-refractivity contribution in [3.8, 4) is 0 Å². The lowest BCUT2D eigenvalue weighted by Crippen LogP contribution is -2.05. The van der Waals surface area contributed by atoms with Gasteiger partial charge in [-0.25, -0.2) is 9.78 Å². The average Bonchev–Trinajstić information content (AvgIpc) is 2.30. The third kappa shape index (κ3) is 4.33. The molecule has 1 N–H and O–H groups in total. The third-order valence-corrected chi connectivity index (χ3v) is 2.79. The van der Waals surface area contributed by atoms with Crippen LogP contribution in [0, 0.1) is 0 Å². The van der Waals surface area contributed by atoms with Crippen molar-refractivity contribution in [2.24, 2.45) is 0 Å². The summed E-state index contributed by atoms with van der Waals surface area (Å²) >= 11 is 1.45. The van der Waals surface area contributed by atoms with Gasteiger partial charge < -0.3 is 14.6 Å². The summed E-state index contributed by atoms with van der Waals surface area (Å²) in [6.07, 6.45) is 1.51. The van der Waals surface area contributed by atoms with Crippen LogP contribution in [0.2, 0.25) is 0 Å². The molecule has 0 saturated heterocycles. The molecule has 1 aromatic heterocycles. The number of hydrogen-bond acceptors (Lipinski definition) is 5. The SMILES string of the molecule is CCSc1cc(COCOC)cnc1C(=O)O. The van der Waals surface area contributed by atoms with Crippen molar-refractivity contribution in [1.29, 1.82) is 0 Å². The van der Waals surface area contributed by atoms with E-state index in [0.29, 0.717) is 11.5 Å². The summed E-state index contributed by atoms with van der Waals surface area (Å²) < 4.78 is 9.94. The Bertz CT molecular complexity index is 384. The second-order valence-electron chi connectivity index (χ2n) is 3.18. The first-order chi connectivity index (χ1) is 8.19. The highest BCUT2D eigenvalue weighted by Crippen LogP contribution is 2.22. The molecule has 5 nitrogen and oxygen atoms in total. The molecule has 6 heteroatoms. The van der Waals surface area contributed by atoms with Crippen molar-refractivity contribution in [3.05, 3.63) is 23.5 Å². The number of pyridine rings is 1. The van der Waals surface area contributed by atoms with Crippen molar-refractivity contribution in [2.45, 2.75) is 18.4 Å². The Morgan fingerprint density at radius 3 is 2.94 bits per heavy atom. The molecule has 1 rings (SSSR count). The first-order valence-corrected chi connectivity index (χ1v) is 6.09. The highest BCUT2D eigenvalue weighted by molar-refractivity contribution is 7.99. The Morgan fingerprint density at radius 1 is 1.59 bits per heavy atom. The van der Waals surface area contributed by atoms with Crippen LogP contribution < -0.4 is 0 Å². The number of carboxylic acids is 1. The summed E-state index contributed by atoms with van der Waals surface area (Å²) in [6, 6.07) is 1.79. The zero-order valence-corrected chi connectivity index (χ0v) is 10.6. The summed E-state index contributed by atoms with van der Waals surface area (Å²) in [4.78, 5) is 15.5. The molecule has 0 aromatic carbocycles.